The number of aryl methyl sites for hydroxylation is 1. The van der Waals surface area contributed by atoms with Crippen LogP contribution in [0.25, 0.3) is 0 Å². The van der Waals surface area contributed by atoms with Crippen LogP contribution in [0.1, 0.15) is 54.9 Å². The van der Waals surface area contributed by atoms with E-state index in [1.54, 1.807) is 6.07 Å². The molecule has 2 aliphatic rings. The molecule has 0 aromatic heterocycles. The number of fused-ring (bicyclic) bond motifs is 2. The summed E-state index contributed by atoms with van der Waals surface area (Å²) < 4.78 is 36.8. The minimum atomic E-state index is -0.720. The smallest absolute Gasteiger partial charge is 0.332 e. The summed E-state index contributed by atoms with van der Waals surface area (Å²) in [5, 5.41) is 0. The van der Waals surface area contributed by atoms with Crippen molar-refractivity contribution in [2.24, 2.45) is 5.92 Å². The minimum Gasteiger partial charge on any atom is -0.457 e. The van der Waals surface area contributed by atoms with Crippen LogP contribution >= 0.6 is 0 Å². The number of esters is 1. The van der Waals surface area contributed by atoms with Gasteiger partial charge < -0.3 is 18.9 Å². The zero-order valence-electron chi connectivity index (χ0n) is 24.2. The highest BCUT2D eigenvalue weighted by atomic mass is 19.1. The lowest BCUT2D eigenvalue weighted by Crippen LogP contribution is -2.49. The van der Waals surface area contributed by atoms with E-state index >= 15 is 0 Å². The maximum atomic E-state index is 14.2. The Bertz CT molecular complexity index is 1330. The third-order valence-electron chi connectivity index (χ3n) is 8.32. The van der Waals surface area contributed by atoms with E-state index in [1.807, 2.05) is 18.2 Å². The van der Waals surface area contributed by atoms with Crippen LogP contribution in [-0.2, 0) is 33.7 Å². The van der Waals surface area contributed by atoms with Crippen LogP contribution in [0.5, 0.6) is 11.5 Å². The molecule has 0 unspecified atom stereocenters. The molecule has 3 aromatic rings. The first-order chi connectivity index (χ1) is 19.9. The second-order valence-electron chi connectivity index (χ2n) is 11.5. The van der Waals surface area contributed by atoms with Gasteiger partial charge in [0.15, 0.2) is 11.5 Å². The first-order valence-electron chi connectivity index (χ1n) is 14.5. The van der Waals surface area contributed by atoms with Crippen LogP contribution in [0.3, 0.4) is 0 Å². The molecule has 0 amide bonds. The molecule has 0 bridgehead atoms. The van der Waals surface area contributed by atoms with E-state index < -0.39 is 5.60 Å². The summed E-state index contributed by atoms with van der Waals surface area (Å²) >= 11 is 0. The quantitative estimate of drug-likeness (QED) is 0.242. The van der Waals surface area contributed by atoms with Gasteiger partial charge in [0.1, 0.15) is 18.0 Å². The molecule has 2 atom stereocenters. The number of nitrogens with zero attached hydrogens (tertiary/aromatic N) is 1. The lowest BCUT2D eigenvalue weighted by Gasteiger charge is -2.47. The van der Waals surface area contributed by atoms with Gasteiger partial charge in [-0.15, -0.1) is 0 Å². The maximum Gasteiger partial charge on any atom is 0.332 e. The molecule has 1 heterocycles. The second kappa shape index (κ2) is 13.0. The molecular formula is C34H40FNO5. The lowest BCUT2D eigenvalue weighted by molar-refractivity contribution is -0.172. The van der Waals surface area contributed by atoms with Gasteiger partial charge in [0.25, 0.3) is 0 Å². The Morgan fingerprint density at radius 1 is 1.02 bits per heavy atom. The molecule has 6 nitrogen and oxygen atoms in total. The molecule has 41 heavy (non-hydrogen) atoms. The zero-order valence-corrected chi connectivity index (χ0v) is 24.2. The standard InChI is InChI=1S/C34H40FNO5/c1-24(2)33-29-11-10-28(35)20-27(29)13-15-34(33,41-32(37)22-38-3)16-18-36(21-26-7-5-4-6-8-26)17-14-25-9-12-30-31(19-25)40-23-39-30/h4-12,19-20,24,33H,13-18,21-23H2,1-3H3/t33-,34-/m1/s1. The van der Waals surface area contributed by atoms with Gasteiger partial charge in [0.2, 0.25) is 6.79 Å². The molecule has 7 heteroatoms. The average Bonchev–Trinajstić information content (AvgIpc) is 3.43. The minimum absolute atomic E-state index is 0.0555. The van der Waals surface area contributed by atoms with Crippen molar-refractivity contribution in [1.29, 1.82) is 0 Å². The first-order valence-corrected chi connectivity index (χ1v) is 14.5. The van der Waals surface area contributed by atoms with Crippen LogP contribution in [0.4, 0.5) is 4.39 Å². The first kappa shape index (κ1) is 29.1. The zero-order chi connectivity index (χ0) is 28.8. The normalized spacial score (nSPS) is 19.4. The summed E-state index contributed by atoms with van der Waals surface area (Å²) in [6, 6.07) is 21.6. The van der Waals surface area contributed by atoms with E-state index in [9.17, 15) is 9.18 Å². The molecule has 1 aliphatic heterocycles. The van der Waals surface area contributed by atoms with E-state index in [2.05, 4.69) is 55.1 Å². The molecule has 0 saturated heterocycles. The third-order valence-corrected chi connectivity index (χ3v) is 8.32. The van der Waals surface area contributed by atoms with Crippen LogP contribution in [0.2, 0.25) is 0 Å². The largest absolute Gasteiger partial charge is 0.457 e. The van der Waals surface area contributed by atoms with Crippen molar-refractivity contribution in [2.45, 2.75) is 57.6 Å². The number of rotatable bonds is 12. The third kappa shape index (κ3) is 6.91. The summed E-state index contributed by atoms with van der Waals surface area (Å²) in [7, 11) is 1.50. The number of halogens is 1. The molecule has 0 N–H and O–H groups in total. The van der Waals surface area contributed by atoms with Crippen LogP contribution in [0.15, 0.2) is 66.7 Å². The molecule has 218 valence electrons. The number of carbonyl (C=O) groups is 1. The van der Waals surface area contributed by atoms with E-state index in [-0.39, 0.29) is 37.0 Å². The van der Waals surface area contributed by atoms with E-state index in [0.717, 1.165) is 48.7 Å². The fraction of sp³-hybridized carbons (Fsp3) is 0.441. The monoisotopic (exact) mass is 561 g/mol. The van der Waals surface area contributed by atoms with Gasteiger partial charge >= 0.3 is 5.97 Å². The lowest BCUT2D eigenvalue weighted by atomic mass is 9.65. The predicted molar refractivity (Wildman–Crippen MR) is 156 cm³/mol. The summed E-state index contributed by atoms with van der Waals surface area (Å²) in [5.74, 6) is 1.11. The molecule has 0 radical (unpaired) electrons. The molecule has 3 aromatic carbocycles. The Labute approximate surface area is 242 Å². The van der Waals surface area contributed by atoms with Crippen molar-refractivity contribution in [3.8, 4) is 11.5 Å². The summed E-state index contributed by atoms with van der Waals surface area (Å²) in [5.41, 5.74) is 3.78. The molecule has 0 saturated carbocycles. The topological polar surface area (TPSA) is 57.2 Å². The molecule has 5 rings (SSSR count). The Hall–Kier alpha value is -3.42. The molecule has 0 fully saturated rings. The van der Waals surface area contributed by atoms with Gasteiger partial charge in [-0.25, -0.2) is 9.18 Å². The number of carbonyl (C=O) groups excluding carboxylic acids is 1. The number of methoxy groups -OCH3 is 1. The van der Waals surface area contributed by atoms with Gasteiger partial charge in [-0.2, -0.15) is 0 Å². The predicted octanol–water partition coefficient (Wildman–Crippen LogP) is 6.30. The van der Waals surface area contributed by atoms with E-state index in [0.29, 0.717) is 19.3 Å². The Morgan fingerprint density at radius 2 is 1.83 bits per heavy atom. The van der Waals surface area contributed by atoms with Gasteiger partial charge in [0.05, 0.1) is 0 Å². The van der Waals surface area contributed by atoms with Crippen LogP contribution in [0, 0.1) is 11.7 Å². The average molecular weight is 562 g/mol. The number of ether oxygens (including phenoxy) is 4. The van der Waals surface area contributed by atoms with Gasteiger partial charge in [0, 0.05) is 39.1 Å². The number of benzene rings is 3. The van der Waals surface area contributed by atoms with Gasteiger partial charge in [-0.3, -0.25) is 4.90 Å². The fourth-order valence-electron chi connectivity index (χ4n) is 6.51. The summed E-state index contributed by atoms with van der Waals surface area (Å²) in [4.78, 5) is 15.4. The van der Waals surface area contributed by atoms with Crippen molar-refractivity contribution in [3.05, 3.63) is 94.8 Å². The van der Waals surface area contributed by atoms with Crippen molar-refractivity contribution in [1.82, 2.24) is 4.90 Å². The van der Waals surface area contributed by atoms with E-state index in [4.69, 9.17) is 18.9 Å². The van der Waals surface area contributed by atoms with E-state index in [1.165, 1.54) is 24.3 Å². The molecule has 1 aliphatic carbocycles. The Kier molecular flexibility index (Phi) is 9.25. The van der Waals surface area contributed by atoms with Crippen molar-refractivity contribution >= 4 is 5.97 Å². The summed E-state index contributed by atoms with van der Waals surface area (Å²) in [6.07, 6.45) is 2.81. The number of hydrogen-bond acceptors (Lipinski definition) is 6. The Balaban J connectivity index is 1.40. The van der Waals surface area contributed by atoms with Crippen LogP contribution < -0.4 is 9.47 Å². The fourth-order valence-corrected chi connectivity index (χ4v) is 6.51. The maximum absolute atomic E-state index is 14.2. The van der Waals surface area contributed by atoms with Crippen molar-refractivity contribution < 1.29 is 28.1 Å². The second-order valence-corrected chi connectivity index (χ2v) is 11.5. The van der Waals surface area contributed by atoms with Gasteiger partial charge in [-0.1, -0.05) is 56.3 Å². The Morgan fingerprint density at radius 3 is 2.61 bits per heavy atom. The van der Waals surface area contributed by atoms with Gasteiger partial charge in [-0.05, 0) is 71.7 Å². The molecule has 0 spiro atoms. The molecular weight excluding hydrogens is 521 g/mol. The van der Waals surface area contributed by atoms with Crippen LogP contribution in [-0.4, -0.2) is 50.1 Å². The highest BCUT2D eigenvalue weighted by Gasteiger charge is 2.47. The van der Waals surface area contributed by atoms with Crippen molar-refractivity contribution in [3.63, 3.8) is 0 Å². The van der Waals surface area contributed by atoms with Crippen molar-refractivity contribution in [2.75, 3.05) is 33.6 Å². The number of hydrogen-bond donors (Lipinski definition) is 0. The summed E-state index contributed by atoms with van der Waals surface area (Å²) in [6.45, 7) is 6.81. The highest BCUT2D eigenvalue weighted by Crippen LogP contribution is 2.48. The highest BCUT2D eigenvalue weighted by molar-refractivity contribution is 5.71. The SMILES string of the molecule is COCC(=O)O[C@@]1(CCN(CCc2ccc3c(c2)OCO3)Cc2ccccc2)CCc2cc(F)ccc2[C@H]1C(C)C.